The number of amides is 1. The molecule has 1 heterocycles. The summed E-state index contributed by atoms with van der Waals surface area (Å²) >= 11 is 6.31. The summed E-state index contributed by atoms with van der Waals surface area (Å²) in [5.41, 5.74) is 4.23. The molecule has 0 saturated carbocycles. The molecule has 1 aliphatic heterocycles. The van der Waals surface area contributed by atoms with Crippen molar-refractivity contribution in [2.24, 2.45) is 11.3 Å². The van der Waals surface area contributed by atoms with Crippen LogP contribution in [0.25, 0.3) is 0 Å². The lowest BCUT2D eigenvalue weighted by Crippen LogP contribution is -2.49. The van der Waals surface area contributed by atoms with Crippen LogP contribution < -0.4 is 15.5 Å². The van der Waals surface area contributed by atoms with Crippen LogP contribution in [0.15, 0.2) is 72.0 Å². The van der Waals surface area contributed by atoms with Crippen LogP contribution in [0.3, 0.4) is 0 Å². The third kappa shape index (κ3) is 4.87. The van der Waals surface area contributed by atoms with Crippen LogP contribution in [-0.2, 0) is 9.59 Å². The van der Waals surface area contributed by atoms with E-state index < -0.39 is 0 Å². The Morgan fingerprint density at radius 3 is 2.66 bits per heavy atom. The van der Waals surface area contributed by atoms with E-state index in [4.69, 9.17) is 11.6 Å². The SMILES string of the molecule is CC1(C)CC(=O)C2=C(C1)Nc1ccccc1N(CC(=O)Nc1ccccc1Cl)[C@H]2[C@H]1CC=CCC1. The van der Waals surface area contributed by atoms with Crippen LogP contribution in [0.1, 0.15) is 46.0 Å². The molecule has 0 bridgehead atoms. The summed E-state index contributed by atoms with van der Waals surface area (Å²) in [5, 5.41) is 7.11. The number of carbonyl (C=O) groups is 2. The van der Waals surface area contributed by atoms with Gasteiger partial charge in [0.25, 0.3) is 0 Å². The van der Waals surface area contributed by atoms with E-state index in [-0.39, 0.29) is 35.6 Å². The molecule has 5 nitrogen and oxygen atoms in total. The number of Topliss-reactive ketones (excluding diaryl/α,β-unsaturated/α-hetero) is 1. The molecule has 0 saturated heterocycles. The molecule has 2 aromatic carbocycles. The Hall–Kier alpha value is -3.05. The Kier molecular flexibility index (Phi) is 6.45. The Labute approximate surface area is 212 Å². The van der Waals surface area contributed by atoms with Gasteiger partial charge in [-0.05, 0) is 61.3 Å². The molecule has 6 heteroatoms. The quantitative estimate of drug-likeness (QED) is 0.476. The molecule has 5 rings (SSSR count). The van der Waals surface area contributed by atoms with Gasteiger partial charge >= 0.3 is 0 Å². The Morgan fingerprint density at radius 2 is 1.89 bits per heavy atom. The zero-order chi connectivity index (χ0) is 24.6. The fourth-order valence-corrected chi connectivity index (χ4v) is 5.95. The van der Waals surface area contributed by atoms with Crippen molar-refractivity contribution in [2.45, 2.75) is 52.0 Å². The minimum Gasteiger partial charge on any atom is -0.357 e. The zero-order valence-corrected chi connectivity index (χ0v) is 21.1. The number of ketones is 1. The van der Waals surface area contributed by atoms with E-state index in [0.717, 1.165) is 48.3 Å². The summed E-state index contributed by atoms with van der Waals surface area (Å²) in [4.78, 5) is 29.2. The minimum absolute atomic E-state index is 0.106. The van der Waals surface area contributed by atoms with Gasteiger partial charge < -0.3 is 15.5 Å². The van der Waals surface area contributed by atoms with Crippen LogP contribution in [0.5, 0.6) is 0 Å². The second kappa shape index (κ2) is 9.54. The lowest BCUT2D eigenvalue weighted by atomic mass is 9.71. The number of benzene rings is 2. The molecule has 182 valence electrons. The minimum atomic E-state index is -0.174. The first-order valence-electron chi connectivity index (χ1n) is 12.4. The Bertz CT molecular complexity index is 1220. The highest BCUT2D eigenvalue weighted by molar-refractivity contribution is 6.33. The standard InChI is InChI=1S/C29H32ClN3O2/c1-29(2)16-23-27(25(34)17-29)28(19-10-4-3-5-11-19)33(24-15-9-8-14-22(24)31-23)18-26(35)32-21-13-7-6-12-20(21)30/h3-4,6-9,12-15,19,28,31H,5,10-11,16-18H2,1-2H3,(H,32,35)/t19-,28-/m0/s1. The molecule has 2 aromatic rings. The summed E-state index contributed by atoms with van der Waals surface area (Å²) in [6.07, 6.45) is 8.62. The Balaban J connectivity index is 1.59. The number of nitrogens with zero attached hydrogens (tertiary/aromatic N) is 1. The van der Waals surface area contributed by atoms with Crippen molar-refractivity contribution in [3.63, 3.8) is 0 Å². The fourth-order valence-electron chi connectivity index (χ4n) is 5.77. The number of para-hydroxylation sites is 3. The van der Waals surface area contributed by atoms with Crippen LogP contribution in [0, 0.1) is 11.3 Å². The van der Waals surface area contributed by atoms with E-state index in [1.165, 1.54) is 0 Å². The molecule has 2 aliphatic carbocycles. The van der Waals surface area contributed by atoms with Gasteiger partial charge in [-0.25, -0.2) is 0 Å². The number of hydrogen-bond donors (Lipinski definition) is 2. The number of anilines is 3. The molecule has 2 N–H and O–H groups in total. The first kappa shape index (κ1) is 23.7. The topological polar surface area (TPSA) is 61.4 Å². The maximum absolute atomic E-state index is 13.7. The zero-order valence-electron chi connectivity index (χ0n) is 20.3. The van der Waals surface area contributed by atoms with Crippen molar-refractivity contribution >= 4 is 40.4 Å². The van der Waals surface area contributed by atoms with E-state index in [9.17, 15) is 9.59 Å². The van der Waals surface area contributed by atoms with Crippen LogP contribution >= 0.6 is 11.6 Å². The molecule has 0 spiro atoms. The molecule has 0 unspecified atom stereocenters. The van der Waals surface area contributed by atoms with Gasteiger partial charge in [-0.2, -0.15) is 0 Å². The van der Waals surface area contributed by atoms with E-state index in [2.05, 4.69) is 41.5 Å². The average molecular weight is 490 g/mol. The van der Waals surface area contributed by atoms with Gasteiger partial charge in [-0.15, -0.1) is 0 Å². The van der Waals surface area contributed by atoms with Crippen LogP contribution in [0.2, 0.25) is 5.02 Å². The predicted octanol–water partition coefficient (Wildman–Crippen LogP) is 6.58. The lowest BCUT2D eigenvalue weighted by Gasteiger charge is -2.41. The van der Waals surface area contributed by atoms with Gasteiger partial charge in [0.1, 0.15) is 0 Å². The van der Waals surface area contributed by atoms with Gasteiger partial charge in [0.15, 0.2) is 5.78 Å². The maximum Gasteiger partial charge on any atom is 0.243 e. The monoisotopic (exact) mass is 489 g/mol. The number of hydrogen-bond acceptors (Lipinski definition) is 4. The number of fused-ring (bicyclic) bond motifs is 1. The average Bonchev–Trinajstić information content (AvgIpc) is 2.95. The summed E-state index contributed by atoms with van der Waals surface area (Å²) in [6, 6.07) is 15.1. The Morgan fingerprint density at radius 1 is 1.11 bits per heavy atom. The van der Waals surface area contributed by atoms with Crippen molar-refractivity contribution in [1.82, 2.24) is 0 Å². The lowest BCUT2D eigenvalue weighted by molar-refractivity contribution is -0.119. The van der Waals surface area contributed by atoms with E-state index in [1.54, 1.807) is 12.1 Å². The summed E-state index contributed by atoms with van der Waals surface area (Å²) in [5.74, 6) is 0.278. The molecule has 1 amide bonds. The molecule has 0 aromatic heterocycles. The molecule has 2 atom stereocenters. The first-order valence-corrected chi connectivity index (χ1v) is 12.8. The number of allylic oxidation sites excluding steroid dienone is 3. The molecular formula is C29H32ClN3O2. The largest absolute Gasteiger partial charge is 0.357 e. The number of nitrogens with one attached hydrogen (secondary N) is 2. The van der Waals surface area contributed by atoms with E-state index >= 15 is 0 Å². The smallest absolute Gasteiger partial charge is 0.243 e. The van der Waals surface area contributed by atoms with Crippen molar-refractivity contribution in [2.75, 3.05) is 22.1 Å². The highest BCUT2D eigenvalue weighted by Gasteiger charge is 2.43. The summed E-state index contributed by atoms with van der Waals surface area (Å²) < 4.78 is 0. The number of rotatable bonds is 4. The molecular weight excluding hydrogens is 458 g/mol. The van der Waals surface area contributed by atoms with Crippen molar-refractivity contribution < 1.29 is 9.59 Å². The first-order chi connectivity index (χ1) is 16.8. The van der Waals surface area contributed by atoms with Gasteiger partial charge in [-0.1, -0.05) is 61.9 Å². The van der Waals surface area contributed by atoms with Gasteiger partial charge in [0.05, 0.1) is 34.7 Å². The maximum atomic E-state index is 13.7. The number of halogens is 1. The van der Waals surface area contributed by atoms with Crippen molar-refractivity contribution in [3.8, 4) is 0 Å². The van der Waals surface area contributed by atoms with Crippen LogP contribution in [-0.4, -0.2) is 24.3 Å². The second-order valence-corrected chi connectivity index (χ2v) is 11.0. The normalized spacial score (nSPS) is 23.2. The summed E-state index contributed by atoms with van der Waals surface area (Å²) in [7, 11) is 0. The van der Waals surface area contributed by atoms with E-state index in [0.29, 0.717) is 17.1 Å². The molecule has 35 heavy (non-hydrogen) atoms. The molecule has 3 aliphatic rings. The summed E-state index contributed by atoms with van der Waals surface area (Å²) in [6.45, 7) is 4.43. The third-order valence-corrected chi connectivity index (χ3v) is 7.60. The van der Waals surface area contributed by atoms with Crippen LogP contribution in [0.4, 0.5) is 17.1 Å². The van der Waals surface area contributed by atoms with Gasteiger partial charge in [0, 0.05) is 17.7 Å². The van der Waals surface area contributed by atoms with Gasteiger partial charge in [-0.3, -0.25) is 9.59 Å². The highest BCUT2D eigenvalue weighted by atomic mass is 35.5. The fraction of sp³-hybridized carbons (Fsp3) is 0.379. The van der Waals surface area contributed by atoms with Gasteiger partial charge in [0.2, 0.25) is 5.91 Å². The highest BCUT2D eigenvalue weighted by Crippen LogP contribution is 2.46. The predicted molar refractivity (Wildman–Crippen MR) is 143 cm³/mol. The number of carbonyl (C=O) groups excluding carboxylic acids is 2. The second-order valence-electron chi connectivity index (χ2n) is 10.6. The molecule has 0 fully saturated rings. The third-order valence-electron chi connectivity index (χ3n) is 7.27. The van der Waals surface area contributed by atoms with E-state index in [1.807, 2.05) is 36.4 Å². The van der Waals surface area contributed by atoms with Crippen molar-refractivity contribution in [1.29, 1.82) is 0 Å². The van der Waals surface area contributed by atoms with Crippen molar-refractivity contribution in [3.05, 3.63) is 77.0 Å². The molecule has 0 radical (unpaired) electrons.